The van der Waals surface area contributed by atoms with Crippen molar-refractivity contribution in [1.82, 2.24) is 10.2 Å². The average molecular weight is 317 g/mol. The predicted octanol–water partition coefficient (Wildman–Crippen LogP) is 1.79. The van der Waals surface area contributed by atoms with Gasteiger partial charge in [0.1, 0.15) is 6.04 Å². The summed E-state index contributed by atoms with van der Waals surface area (Å²) in [6, 6.07) is 4.16. The number of carbonyl (C=O) groups excluding carboxylic acids is 2. The van der Waals surface area contributed by atoms with Crippen molar-refractivity contribution in [1.29, 1.82) is 0 Å². The molecular weight excluding hydrogens is 298 g/mol. The van der Waals surface area contributed by atoms with Crippen molar-refractivity contribution in [2.75, 3.05) is 6.54 Å². The van der Waals surface area contributed by atoms with E-state index in [1.807, 2.05) is 0 Å². The molecule has 3 rings (SSSR count). The summed E-state index contributed by atoms with van der Waals surface area (Å²) in [6.45, 7) is 2.15. The first-order valence-electron chi connectivity index (χ1n) is 7.84. The molecule has 122 valence electrons. The minimum atomic E-state index is -0.467. The van der Waals surface area contributed by atoms with Crippen molar-refractivity contribution < 1.29 is 14.5 Å². The zero-order valence-electron chi connectivity index (χ0n) is 12.9. The molecule has 0 aromatic heterocycles. The molecule has 2 aliphatic rings. The van der Waals surface area contributed by atoms with Gasteiger partial charge in [-0.1, -0.05) is 0 Å². The second-order valence-electron chi connectivity index (χ2n) is 6.20. The molecule has 23 heavy (non-hydrogen) atoms. The van der Waals surface area contributed by atoms with Crippen molar-refractivity contribution in [3.8, 4) is 0 Å². The van der Waals surface area contributed by atoms with Gasteiger partial charge in [-0.25, -0.2) is 0 Å². The van der Waals surface area contributed by atoms with Gasteiger partial charge < -0.3 is 10.2 Å². The van der Waals surface area contributed by atoms with Gasteiger partial charge in [0.25, 0.3) is 11.6 Å². The molecule has 7 heteroatoms. The van der Waals surface area contributed by atoms with Crippen LogP contribution in [0.15, 0.2) is 18.2 Å². The zero-order valence-corrected chi connectivity index (χ0v) is 12.9. The van der Waals surface area contributed by atoms with Crippen molar-refractivity contribution in [2.24, 2.45) is 0 Å². The smallest absolute Gasteiger partial charge is 0.272 e. The second kappa shape index (κ2) is 5.98. The monoisotopic (exact) mass is 317 g/mol. The van der Waals surface area contributed by atoms with E-state index in [-0.39, 0.29) is 23.5 Å². The van der Waals surface area contributed by atoms with Gasteiger partial charge in [0.05, 0.1) is 4.92 Å². The summed E-state index contributed by atoms with van der Waals surface area (Å²) in [6.07, 6.45) is 3.47. The third-order valence-corrected chi connectivity index (χ3v) is 4.38. The van der Waals surface area contributed by atoms with Crippen LogP contribution in [0.2, 0.25) is 0 Å². The molecular formula is C16H19N3O4. The Kier molecular flexibility index (Phi) is 4.02. The molecule has 1 atom stereocenters. The van der Waals surface area contributed by atoms with E-state index in [4.69, 9.17) is 0 Å². The molecule has 7 nitrogen and oxygen atoms in total. The maximum atomic E-state index is 12.7. The summed E-state index contributed by atoms with van der Waals surface area (Å²) < 4.78 is 0. The highest BCUT2D eigenvalue weighted by molar-refractivity contribution is 5.98. The van der Waals surface area contributed by atoms with Crippen molar-refractivity contribution >= 4 is 17.5 Å². The normalized spacial score (nSPS) is 20.4. The Morgan fingerprint density at radius 2 is 2.04 bits per heavy atom. The standard InChI is InChI=1S/C16H19N3O4/c1-10-9-11(4-7-13(10)19(22)23)16(21)18-8-2-3-14(18)15(20)17-12-5-6-12/h4,7,9,12,14H,2-3,5-6,8H2,1H3,(H,17,20). The maximum Gasteiger partial charge on any atom is 0.272 e. The molecule has 1 unspecified atom stereocenters. The van der Waals surface area contributed by atoms with E-state index >= 15 is 0 Å². The molecule has 1 aromatic carbocycles. The van der Waals surface area contributed by atoms with Crippen LogP contribution in [-0.4, -0.2) is 40.3 Å². The zero-order chi connectivity index (χ0) is 16.6. The highest BCUT2D eigenvalue weighted by atomic mass is 16.6. The third-order valence-electron chi connectivity index (χ3n) is 4.38. The summed E-state index contributed by atoms with van der Waals surface area (Å²) in [5, 5.41) is 13.8. The van der Waals surface area contributed by atoms with E-state index in [1.54, 1.807) is 11.8 Å². The minimum Gasteiger partial charge on any atom is -0.352 e. The Morgan fingerprint density at radius 3 is 2.65 bits per heavy atom. The van der Waals surface area contributed by atoms with E-state index in [0.29, 0.717) is 24.1 Å². The first kappa shape index (κ1) is 15.5. The van der Waals surface area contributed by atoms with Gasteiger partial charge in [-0.2, -0.15) is 0 Å². The van der Waals surface area contributed by atoms with Gasteiger partial charge in [0.15, 0.2) is 0 Å². The van der Waals surface area contributed by atoms with Crippen LogP contribution in [0, 0.1) is 17.0 Å². The maximum absolute atomic E-state index is 12.7. The van der Waals surface area contributed by atoms with E-state index in [0.717, 1.165) is 19.3 Å². The number of nitro benzene ring substituents is 1. The first-order chi connectivity index (χ1) is 11.0. The van der Waals surface area contributed by atoms with Crippen molar-refractivity contribution in [3.05, 3.63) is 39.4 Å². The topological polar surface area (TPSA) is 92.6 Å². The first-order valence-corrected chi connectivity index (χ1v) is 7.84. The molecule has 1 saturated heterocycles. The number of likely N-dealkylation sites (tertiary alicyclic amines) is 1. The van der Waals surface area contributed by atoms with Crippen LogP contribution < -0.4 is 5.32 Å². The number of nitro groups is 1. The Hall–Kier alpha value is -2.44. The molecule has 1 heterocycles. The SMILES string of the molecule is Cc1cc(C(=O)N2CCCC2C(=O)NC2CC2)ccc1[N+](=O)[O-]. The number of rotatable bonds is 4. The van der Waals surface area contributed by atoms with Gasteiger partial charge in [0, 0.05) is 29.8 Å². The number of aryl methyl sites for hydroxylation is 1. The lowest BCUT2D eigenvalue weighted by molar-refractivity contribution is -0.385. The fraction of sp³-hybridized carbons (Fsp3) is 0.500. The molecule has 2 fully saturated rings. The largest absolute Gasteiger partial charge is 0.352 e. The summed E-state index contributed by atoms with van der Waals surface area (Å²) in [7, 11) is 0. The van der Waals surface area contributed by atoms with Gasteiger partial charge in [-0.3, -0.25) is 19.7 Å². The molecule has 1 aliphatic heterocycles. The van der Waals surface area contributed by atoms with E-state index in [9.17, 15) is 19.7 Å². The predicted molar refractivity (Wildman–Crippen MR) is 83.1 cm³/mol. The lowest BCUT2D eigenvalue weighted by Gasteiger charge is -2.24. The van der Waals surface area contributed by atoms with Crippen LogP contribution >= 0.6 is 0 Å². The Balaban J connectivity index is 1.77. The summed E-state index contributed by atoms with van der Waals surface area (Å²) in [5.74, 6) is -0.326. The van der Waals surface area contributed by atoms with Gasteiger partial charge in [-0.15, -0.1) is 0 Å². The second-order valence-corrected chi connectivity index (χ2v) is 6.20. The Labute approximate surface area is 133 Å². The van der Waals surface area contributed by atoms with Gasteiger partial charge in [-0.05, 0) is 44.7 Å². The quantitative estimate of drug-likeness (QED) is 0.677. The minimum absolute atomic E-state index is 0.00833. The van der Waals surface area contributed by atoms with Gasteiger partial charge >= 0.3 is 0 Å². The molecule has 1 saturated carbocycles. The van der Waals surface area contributed by atoms with Crippen LogP contribution in [0.5, 0.6) is 0 Å². The molecule has 1 N–H and O–H groups in total. The highest BCUT2D eigenvalue weighted by Gasteiger charge is 2.36. The molecule has 2 amide bonds. The van der Waals surface area contributed by atoms with Crippen molar-refractivity contribution in [3.63, 3.8) is 0 Å². The highest BCUT2D eigenvalue weighted by Crippen LogP contribution is 2.25. The molecule has 0 bridgehead atoms. The lowest BCUT2D eigenvalue weighted by Crippen LogP contribution is -2.46. The van der Waals surface area contributed by atoms with Crippen LogP contribution in [0.4, 0.5) is 5.69 Å². The average Bonchev–Trinajstić information content (AvgIpc) is 3.18. The lowest BCUT2D eigenvalue weighted by atomic mass is 10.1. The number of hydrogen-bond donors (Lipinski definition) is 1. The molecule has 1 aromatic rings. The van der Waals surface area contributed by atoms with E-state index in [1.165, 1.54) is 18.2 Å². The third kappa shape index (κ3) is 3.18. The Bertz CT molecular complexity index is 669. The summed E-state index contributed by atoms with van der Waals surface area (Å²) in [4.78, 5) is 36.9. The molecule has 0 spiro atoms. The van der Waals surface area contributed by atoms with Crippen LogP contribution in [-0.2, 0) is 4.79 Å². The molecule has 0 radical (unpaired) electrons. The molecule has 1 aliphatic carbocycles. The number of carbonyl (C=O) groups is 2. The number of nitrogens with zero attached hydrogens (tertiary/aromatic N) is 2. The van der Waals surface area contributed by atoms with Crippen LogP contribution in [0.3, 0.4) is 0 Å². The fourth-order valence-corrected chi connectivity index (χ4v) is 2.97. The number of amides is 2. The van der Waals surface area contributed by atoms with Crippen LogP contribution in [0.25, 0.3) is 0 Å². The Morgan fingerprint density at radius 1 is 1.30 bits per heavy atom. The summed E-state index contributed by atoms with van der Waals surface area (Å²) >= 11 is 0. The summed E-state index contributed by atoms with van der Waals surface area (Å²) in [5.41, 5.74) is 0.823. The number of hydrogen-bond acceptors (Lipinski definition) is 4. The van der Waals surface area contributed by atoms with Crippen LogP contribution in [0.1, 0.15) is 41.6 Å². The van der Waals surface area contributed by atoms with Crippen molar-refractivity contribution in [2.45, 2.75) is 44.7 Å². The number of benzene rings is 1. The van der Waals surface area contributed by atoms with E-state index < -0.39 is 11.0 Å². The van der Waals surface area contributed by atoms with Gasteiger partial charge in [0.2, 0.25) is 5.91 Å². The fourth-order valence-electron chi connectivity index (χ4n) is 2.97. The number of nitrogens with one attached hydrogen (secondary N) is 1. The van der Waals surface area contributed by atoms with E-state index in [2.05, 4.69) is 5.32 Å².